The van der Waals surface area contributed by atoms with E-state index in [1.165, 1.54) is 16.4 Å². The molecule has 202 valence electrons. The Morgan fingerprint density at radius 2 is 1.65 bits per heavy atom. The zero-order valence-corrected chi connectivity index (χ0v) is 23.2. The van der Waals surface area contributed by atoms with Crippen LogP contribution in [0.5, 0.6) is 0 Å². The van der Waals surface area contributed by atoms with Crippen LogP contribution in [0.4, 0.5) is 0 Å². The zero-order chi connectivity index (χ0) is 27.9. The molecule has 0 saturated heterocycles. The number of nitrogen functional groups attached to an aromatic ring is 1. The van der Waals surface area contributed by atoms with Gasteiger partial charge in [-0.3, -0.25) is 9.78 Å². The van der Waals surface area contributed by atoms with Gasteiger partial charge in [0.05, 0.1) is 11.5 Å². The first-order valence-corrected chi connectivity index (χ1v) is 14.3. The SMILES string of the molecule is Nn1c(SCC/C(=N\n2c(SCC(=O)O)nnc2-c2ccc(Cl)cc2)c2ccccc2)nnc1-c1cccnc1. The number of benzene rings is 2. The second-order valence-electron chi connectivity index (χ2n) is 8.24. The number of aliphatic carboxylic acids is 1. The maximum atomic E-state index is 11.3. The molecule has 0 bridgehead atoms. The first-order valence-electron chi connectivity index (χ1n) is 11.9. The predicted molar refractivity (Wildman–Crippen MR) is 156 cm³/mol. The Morgan fingerprint density at radius 1 is 0.900 bits per heavy atom. The molecule has 0 aliphatic rings. The molecule has 0 radical (unpaired) electrons. The Labute approximate surface area is 242 Å². The number of aromatic nitrogens is 7. The van der Waals surface area contributed by atoms with Gasteiger partial charge in [0.2, 0.25) is 10.3 Å². The van der Waals surface area contributed by atoms with Crippen molar-refractivity contribution in [2.45, 2.75) is 16.7 Å². The van der Waals surface area contributed by atoms with Gasteiger partial charge in [-0.2, -0.15) is 9.78 Å². The number of hydrogen-bond acceptors (Lipinski definition) is 10. The molecule has 0 aliphatic carbocycles. The van der Waals surface area contributed by atoms with Gasteiger partial charge < -0.3 is 10.9 Å². The Kier molecular flexibility index (Phi) is 8.74. The highest BCUT2D eigenvalue weighted by Gasteiger charge is 2.18. The van der Waals surface area contributed by atoms with Gasteiger partial charge in [0.1, 0.15) is 0 Å². The molecule has 0 fully saturated rings. The Morgan fingerprint density at radius 3 is 2.38 bits per heavy atom. The molecule has 14 heteroatoms. The standard InChI is InChI=1S/C26H22ClN9O2S2/c27-20-10-8-18(9-11-20)24-31-33-26(40-16-22(37)38)36(24)34-21(17-5-2-1-3-6-17)12-14-39-25-32-30-23(35(25)28)19-7-4-13-29-15-19/h1-11,13,15H,12,14,16,28H2,(H,37,38)/b34-21+. The molecule has 0 amide bonds. The van der Waals surface area contributed by atoms with Crippen LogP contribution in [-0.4, -0.2) is 63.0 Å². The third-order valence-electron chi connectivity index (χ3n) is 5.52. The number of nitrogens with zero attached hydrogens (tertiary/aromatic N) is 8. The van der Waals surface area contributed by atoms with Crippen LogP contribution in [-0.2, 0) is 4.79 Å². The number of pyridine rings is 1. The topological polar surface area (TPSA) is 150 Å². The van der Waals surface area contributed by atoms with Crippen LogP contribution in [0.1, 0.15) is 12.0 Å². The van der Waals surface area contributed by atoms with Crippen molar-refractivity contribution in [1.82, 2.24) is 34.7 Å². The van der Waals surface area contributed by atoms with Gasteiger partial charge in [-0.05, 0) is 42.0 Å². The third-order valence-corrected chi connectivity index (χ3v) is 7.62. The molecular formula is C26H22ClN9O2S2. The zero-order valence-electron chi connectivity index (χ0n) is 20.8. The fourth-order valence-corrected chi connectivity index (χ4v) is 5.19. The van der Waals surface area contributed by atoms with E-state index in [-0.39, 0.29) is 5.75 Å². The van der Waals surface area contributed by atoms with Crippen LogP contribution in [0.2, 0.25) is 5.02 Å². The van der Waals surface area contributed by atoms with E-state index in [1.54, 1.807) is 29.2 Å². The Hall–Kier alpha value is -4.20. The number of hydrogen-bond donors (Lipinski definition) is 2. The number of carboxylic acids is 1. The second kappa shape index (κ2) is 12.8. The lowest BCUT2D eigenvalue weighted by Crippen LogP contribution is -2.12. The van der Waals surface area contributed by atoms with Crippen molar-refractivity contribution >= 4 is 46.8 Å². The summed E-state index contributed by atoms with van der Waals surface area (Å²) >= 11 is 8.57. The summed E-state index contributed by atoms with van der Waals surface area (Å²) in [6, 6.07) is 20.5. The molecule has 0 atom stereocenters. The number of rotatable bonds is 11. The minimum atomic E-state index is -0.965. The highest BCUT2D eigenvalue weighted by atomic mass is 35.5. The summed E-state index contributed by atoms with van der Waals surface area (Å²) in [5, 5.41) is 32.7. The van der Waals surface area contributed by atoms with E-state index in [4.69, 9.17) is 22.5 Å². The minimum Gasteiger partial charge on any atom is -0.481 e. The molecule has 3 heterocycles. The van der Waals surface area contributed by atoms with Gasteiger partial charge in [0.25, 0.3) is 0 Å². The molecule has 0 aliphatic heterocycles. The van der Waals surface area contributed by atoms with Crippen LogP contribution >= 0.6 is 35.1 Å². The lowest BCUT2D eigenvalue weighted by atomic mass is 10.1. The summed E-state index contributed by atoms with van der Waals surface area (Å²) in [4.78, 5) is 15.4. The van der Waals surface area contributed by atoms with Crippen molar-refractivity contribution < 1.29 is 9.90 Å². The van der Waals surface area contributed by atoms with E-state index in [2.05, 4.69) is 25.4 Å². The third kappa shape index (κ3) is 6.50. The van der Waals surface area contributed by atoms with Crippen LogP contribution in [0.15, 0.2) is 94.5 Å². The average molecular weight is 592 g/mol. The van der Waals surface area contributed by atoms with Gasteiger partial charge in [0, 0.05) is 40.7 Å². The summed E-state index contributed by atoms with van der Waals surface area (Å²) in [6.07, 6.45) is 3.89. The fourth-order valence-electron chi connectivity index (χ4n) is 3.66. The van der Waals surface area contributed by atoms with Crippen molar-refractivity contribution in [1.29, 1.82) is 0 Å². The summed E-state index contributed by atoms with van der Waals surface area (Å²) in [7, 11) is 0. The molecule has 40 heavy (non-hydrogen) atoms. The normalized spacial score (nSPS) is 11.6. The van der Waals surface area contributed by atoms with Crippen LogP contribution < -0.4 is 5.84 Å². The molecule has 3 N–H and O–H groups in total. The van der Waals surface area contributed by atoms with Gasteiger partial charge in [-0.1, -0.05) is 65.5 Å². The minimum absolute atomic E-state index is 0.184. The first kappa shape index (κ1) is 27.4. The molecule has 0 spiro atoms. The molecule has 0 saturated carbocycles. The second-order valence-corrected chi connectivity index (χ2v) is 10.7. The number of carbonyl (C=O) groups is 1. The van der Waals surface area contributed by atoms with Crippen LogP contribution in [0.3, 0.4) is 0 Å². The lowest BCUT2D eigenvalue weighted by Gasteiger charge is -2.10. The van der Waals surface area contributed by atoms with Gasteiger partial charge in [-0.15, -0.1) is 20.4 Å². The summed E-state index contributed by atoms with van der Waals surface area (Å²) in [6.45, 7) is 0. The van der Waals surface area contributed by atoms with E-state index in [0.717, 1.165) is 34.2 Å². The monoisotopic (exact) mass is 591 g/mol. The van der Waals surface area contributed by atoms with Gasteiger partial charge >= 0.3 is 5.97 Å². The predicted octanol–water partition coefficient (Wildman–Crippen LogP) is 4.58. The summed E-state index contributed by atoms with van der Waals surface area (Å²) < 4.78 is 3.02. The number of nitrogens with two attached hydrogens (primary N) is 1. The Bertz CT molecular complexity index is 1630. The molecule has 5 aromatic rings. The number of halogens is 1. The highest BCUT2D eigenvalue weighted by Crippen LogP contribution is 2.27. The number of carboxylic acid groups (broad SMARTS) is 1. The van der Waals surface area contributed by atoms with Crippen molar-refractivity contribution in [2.24, 2.45) is 5.10 Å². The van der Waals surface area contributed by atoms with Crippen LogP contribution in [0, 0.1) is 0 Å². The molecule has 5 rings (SSSR count). The Balaban J connectivity index is 1.45. The van der Waals surface area contributed by atoms with E-state index in [0.29, 0.717) is 39.2 Å². The maximum absolute atomic E-state index is 11.3. The average Bonchev–Trinajstić information content (AvgIpc) is 3.55. The highest BCUT2D eigenvalue weighted by molar-refractivity contribution is 7.99. The fraction of sp³-hybridized carbons (Fsp3) is 0.115. The summed E-state index contributed by atoms with van der Waals surface area (Å²) in [5.74, 6) is 6.70. The summed E-state index contributed by atoms with van der Waals surface area (Å²) in [5.41, 5.74) is 3.16. The largest absolute Gasteiger partial charge is 0.481 e. The quantitative estimate of drug-likeness (QED) is 0.127. The smallest absolute Gasteiger partial charge is 0.313 e. The molecule has 3 aromatic heterocycles. The van der Waals surface area contributed by atoms with E-state index >= 15 is 0 Å². The van der Waals surface area contributed by atoms with Gasteiger partial charge in [-0.25, -0.2) is 4.68 Å². The van der Waals surface area contributed by atoms with E-state index in [1.807, 2.05) is 54.6 Å². The number of thioether (sulfide) groups is 2. The van der Waals surface area contributed by atoms with Crippen molar-refractivity contribution in [3.8, 4) is 22.8 Å². The van der Waals surface area contributed by atoms with Crippen LogP contribution in [0.25, 0.3) is 22.8 Å². The molecule has 11 nitrogen and oxygen atoms in total. The van der Waals surface area contributed by atoms with E-state index < -0.39 is 5.97 Å². The van der Waals surface area contributed by atoms with Gasteiger partial charge in [0.15, 0.2) is 11.6 Å². The lowest BCUT2D eigenvalue weighted by molar-refractivity contribution is -0.133. The molecule has 2 aromatic carbocycles. The van der Waals surface area contributed by atoms with Crippen molar-refractivity contribution in [2.75, 3.05) is 17.3 Å². The van der Waals surface area contributed by atoms with Crippen molar-refractivity contribution in [3.05, 3.63) is 89.7 Å². The van der Waals surface area contributed by atoms with Crippen molar-refractivity contribution in [3.63, 3.8) is 0 Å². The first-order chi connectivity index (χ1) is 19.5. The van der Waals surface area contributed by atoms with E-state index in [9.17, 15) is 9.90 Å². The molecular weight excluding hydrogens is 570 g/mol. The maximum Gasteiger partial charge on any atom is 0.313 e. The molecule has 0 unspecified atom stereocenters.